The molecular formula is C28H43N7O2S. The van der Waals surface area contributed by atoms with Crippen molar-refractivity contribution in [3.05, 3.63) is 30.6 Å². The minimum absolute atomic E-state index is 0.0309. The number of thioether (sulfide) groups is 1. The Bertz CT molecular complexity index is 987. The lowest BCUT2D eigenvalue weighted by molar-refractivity contribution is -0.121. The average Bonchev–Trinajstić information content (AvgIpc) is 3.64. The molecular weight excluding hydrogens is 498 g/mol. The topological polar surface area (TPSA) is 114 Å². The van der Waals surface area contributed by atoms with Crippen molar-refractivity contribution in [3.63, 3.8) is 0 Å². The van der Waals surface area contributed by atoms with E-state index in [2.05, 4.69) is 31.2 Å². The molecule has 0 saturated carbocycles. The lowest BCUT2D eigenvalue weighted by Gasteiger charge is -2.16. The van der Waals surface area contributed by atoms with Crippen molar-refractivity contribution in [2.75, 3.05) is 12.3 Å². The molecule has 2 fully saturated rings. The van der Waals surface area contributed by atoms with Gasteiger partial charge in [-0.2, -0.15) is 11.8 Å². The van der Waals surface area contributed by atoms with E-state index >= 15 is 0 Å². The number of hydrogen-bond acceptors (Lipinski definition) is 6. The van der Waals surface area contributed by atoms with Crippen LogP contribution in [0.2, 0.25) is 0 Å². The Balaban J connectivity index is 0.896. The molecule has 9 nitrogen and oxygen atoms in total. The Morgan fingerprint density at radius 3 is 2.55 bits per heavy atom. The van der Waals surface area contributed by atoms with E-state index in [1.54, 1.807) is 6.20 Å². The lowest BCUT2D eigenvalue weighted by atomic mass is 10.0. The molecule has 2 aliphatic rings. The second-order valence-electron chi connectivity index (χ2n) is 10.5. The third-order valence-electron chi connectivity index (χ3n) is 7.43. The van der Waals surface area contributed by atoms with Crippen molar-refractivity contribution >= 4 is 23.7 Å². The molecule has 4 rings (SSSR count). The maximum atomic E-state index is 12.1. The molecule has 3 amide bonds. The number of carbonyl (C=O) groups is 2. The first-order chi connectivity index (χ1) is 18.7. The van der Waals surface area contributed by atoms with Crippen LogP contribution in [0.5, 0.6) is 0 Å². The Labute approximate surface area is 230 Å². The third-order valence-corrected chi connectivity index (χ3v) is 8.94. The zero-order valence-corrected chi connectivity index (χ0v) is 23.3. The molecule has 2 saturated heterocycles. The molecule has 0 bridgehead atoms. The molecule has 0 aliphatic carbocycles. The standard InChI is InChI=1S/C28H43N7O2S/c36-26(16-9-8-15-25-27-24(21-38-25)31-28(37)32-27)30-18-11-6-4-2-1-3-5-7-13-19-35-20-23(33-34-35)22-14-10-12-17-29-22/h10,12,14,17,20,24-25,27H,1-9,11,13,15-16,18-19,21H2,(H,30,36)(H2,31,32,37)/t24-,25-,27-/m0/s1. The number of rotatable bonds is 18. The Kier molecular flexibility index (Phi) is 11.7. The van der Waals surface area contributed by atoms with Crippen LogP contribution in [0, 0.1) is 0 Å². The predicted molar refractivity (Wildman–Crippen MR) is 152 cm³/mol. The summed E-state index contributed by atoms with van der Waals surface area (Å²) in [6.45, 7) is 1.70. The SMILES string of the molecule is O=C(CCCC[C@@H]1SC[C@@H]2NC(=O)N[C@@H]21)NCCCCCCCCCCCn1cc(-c2ccccn2)nn1. The van der Waals surface area contributed by atoms with Gasteiger partial charge in [0.1, 0.15) is 5.69 Å². The summed E-state index contributed by atoms with van der Waals surface area (Å²) < 4.78 is 1.92. The van der Waals surface area contributed by atoms with Crippen LogP contribution in [0.3, 0.4) is 0 Å². The van der Waals surface area contributed by atoms with Crippen LogP contribution in [-0.2, 0) is 11.3 Å². The molecule has 2 aliphatic heterocycles. The molecule has 3 atom stereocenters. The summed E-state index contributed by atoms with van der Waals surface area (Å²) in [6.07, 6.45) is 18.4. The first-order valence-corrected chi connectivity index (χ1v) is 15.5. The van der Waals surface area contributed by atoms with Gasteiger partial charge in [0.05, 0.1) is 24.0 Å². The summed E-state index contributed by atoms with van der Waals surface area (Å²) in [7, 11) is 0. The Morgan fingerprint density at radius 2 is 1.76 bits per heavy atom. The highest BCUT2D eigenvalue weighted by Crippen LogP contribution is 2.33. The fourth-order valence-electron chi connectivity index (χ4n) is 5.27. The quantitative estimate of drug-likeness (QED) is 0.186. The van der Waals surface area contributed by atoms with Gasteiger partial charge in [0.2, 0.25) is 5.91 Å². The molecule has 10 heteroatoms. The van der Waals surface area contributed by atoms with E-state index in [9.17, 15) is 9.59 Å². The van der Waals surface area contributed by atoms with Crippen molar-refractivity contribution in [1.29, 1.82) is 0 Å². The van der Waals surface area contributed by atoms with Crippen LogP contribution in [0.1, 0.15) is 83.5 Å². The number of urea groups is 1. The van der Waals surface area contributed by atoms with E-state index < -0.39 is 0 Å². The maximum absolute atomic E-state index is 12.1. The minimum Gasteiger partial charge on any atom is -0.356 e. The summed E-state index contributed by atoms with van der Waals surface area (Å²) in [5.74, 6) is 1.17. The minimum atomic E-state index is -0.0309. The van der Waals surface area contributed by atoms with Crippen LogP contribution in [0.15, 0.2) is 30.6 Å². The number of fused-ring (bicyclic) bond motifs is 1. The molecule has 0 radical (unpaired) electrons. The second-order valence-corrected chi connectivity index (χ2v) is 11.8. The van der Waals surface area contributed by atoms with Crippen LogP contribution < -0.4 is 16.0 Å². The smallest absolute Gasteiger partial charge is 0.315 e. The van der Waals surface area contributed by atoms with Crippen LogP contribution in [0.4, 0.5) is 4.79 Å². The zero-order chi connectivity index (χ0) is 26.4. The van der Waals surface area contributed by atoms with Gasteiger partial charge in [-0.1, -0.05) is 62.6 Å². The van der Waals surface area contributed by atoms with Gasteiger partial charge >= 0.3 is 6.03 Å². The van der Waals surface area contributed by atoms with Crippen molar-refractivity contribution < 1.29 is 9.59 Å². The van der Waals surface area contributed by atoms with Gasteiger partial charge in [0, 0.05) is 36.7 Å². The maximum Gasteiger partial charge on any atom is 0.315 e. The normalized spacial score (nSPS) is 20.2. The van der Waals surface area contributed by atoms with Crippen molar-refractivity contribution in [1.82, 2.24) is 35.9 Å². The lowest BCUT2D eigenvalue weighted by Crippen LogP contribution is -2.36. The number of aromatic nitrogens is 4. The predicted octanol–water partition coefficient (Wildman–Crippen LogP) is 4.69. The summed E-state index contributed by atoms with van der Waals surface area (Å²) in [5, 5.41) is 18.0. The molecule has 4 heterocycles. The van der Waals surface area contributed by atoms with E-state index in [1.165, 1.54) is 44.9 Å². The fraction of sp³-hybridized carbons (Fsp3) is 0.679. The summed E-state index contributed by atoms with van der Waals surface area (Å²) in [5.41, 5.74) is 1.70. The van der Waals surface area contributed by atoms with Crippen LogP contribution >= 0.6 is 11.8 Å². The number of unbranched alkanes of at least 4 members (excludes halogenated alkanes) is 9. The summed E-state index contributed by atoms with van der Waals surface area (Å²) in [6, 6.07) is 6.34. The first kappa shape index (κ1) is 28.4. The molecule has 208 valence electrons. The van der Waals surface area contributed by atoms with Gasteiger partial charge in [-0.15, -0.1) is 5.10 Å². The highest BCUT2D eigenvalue weighted by molar-refractivity contribution is 8.00. The van der Waals surface area contributed by atoms with Gasteiger partial charge in [-0.3, -0.25) is 14.5 Å². The van der Waals surface area contributed by atoms with E-state index in [0.29, 0.717) is 11.7 Å². The largest absolute Gasteiger partial charge is 0.356 e. The van der Waals surface area contributed by atoms with Gasteiger partial charge in [-0.25, -0.2) is 4.79 Å². The number of aryl methyl sites for hydroxylation is 1. The third kappa shape index (κ3) is 9.29. The van der Waals surface area contributed by atoms with Gasteiger partial charge in [0.25, 0.3) is 0 Å². The average molecular weight is 542 g/mol. The van der Waals surface area contributed by atoms with Crippen molar-refractivity contribution in [3.8, 4) is 11.4 Å². The molecule has 0 spiro atoms. The van der Waals surface area contributed by atoms with Crippen molar-refractivity contribution in [2.24, 2.45) is 0 Å². The summed E-state index contributed by atoms with van der Waals surface area (Å²) in [4.78, 5) is 27.9. The van der Waals surface area contributed by atoms with Gasteiger partial charge in [0.15, 0.2) is 0 Å². The van der Waals surface area contributed by atoms with Crippen molar-refractivity contribution in [2.45, 2.75) is 107 Å². The fourth-order valence-corrected chi connectivity index (χ4v) is 6.81. The number of nitrogens with one attached hydrogen (secondary N) is 3. The highest BCUT2D eigenvalue weighted by Gasteiger charge is 2.42. The second kappa shape index (κ2) is 15.7. The molecule has 2 aromatic rings. The molecule has 2 aromatic heterocycles. The first-order valence-electron chi connectivity index (χ1n) is 14.5. The van der Waals surface area contributed by atoms with Crippen LogP contribution in [-0.4, -0.2) is 61.5 Å². The van der Waals surface area contributed by atoms with Gasteiger partial charge in [-0.05, 0) is 37.8 Å². The molecule has 38 heavy (non-hydrogen) atoms. The number of carbonyl (C=O) groups excluding carboxylic acids is 2. The number of hydrogen-bond donors (Lipinski definition) is 3. The molecule has 0 unspecified atom stereocenters. The van der Waals surface area contributed by atoms with E-state index in [0.717, 1.165) is 62.3 Å². The zero-order valence-electron chi connectivity index (χ0n) is 22.4. The molecule has 3 N–H and O–H groups in total. The Hall–Kier alpha value is -2.62. The Morgan fingerprint density at radius 1 is 0.974 bits per heavy atom. The number of nitrogens with zero attached hydrogens (tertiary/aromatic N) is 4. The van der Waals surface area contributed by atoms with E-state index in [-0.39, 0.29) is 24.0 Å². The highest BCUT2D eigenvalue weighted by atomic mass is 32.2. The van der Waals surface area contributed by atoms with E-state index in [1.807, 2.05) is 40.8 Å². The van der Waals surface area contributed by atoms with Crippen LogP contribution in [0.25, 0.3) is 11.4 Å². The van der Waals surface area contributed by atoms with Gasteiger partial charge < -0.3 is 16.0 Å². The van der Waals surface area contributed by atoms with E-state index in [4.69, 9.17) is 0 Å². The number of pyridine rings is 1. The number of amides is 3. The summed E-state index contributed by atoms with van der Waals surface area (Å²) >= 11 is 1.94. The molecule has 0 aromatic carbocycles. The monoisotopic (exact) mass is 541 g/mol.